The Morgan fingerprint density at radius 1 is 0.480 bits per heavy atom. The van der Waals surface area contributed by atoms with Crippen molar-refractivity contribution in [2.75, 3.05) is 0 Å². The number of pyridine rings is 5. The predicted molar refractivity (Wildman–Crippen MR) is 337 cm³/mol. The van der Waals surface area contributed by atoms with E-state index < -0.39 is 148 Å². The van der Waals surface area contributed by atoms with Gasteiger partial charge in [0.2, 0.25) is 6.29 Å². The van der Waals surface area contributed by atoms with Gasteiger partial charge in [0.15, 0.2) is 60.9 Å². The third-order valence-corrected chi connectivity index (χ3v) is 22.8. The van der Waals surface area contributed by atoms with Crippen molar-refractivity contribution >= 4 is 53.5 Å². The highest BCUT2D eigenvalue weighted by molar-refractivity contribution is 5.96. The van der Waals surface area contributed by atoms with Crippen LogP contribution in [0.1, 0.15) is 158 Å². The van der Waals surface area contributed by atoms with Gasteiger partial charge in [-0.1, -0.05) is 47.1 Å². The van der Waals surface area contributed by atoms with Gasteiger partial charge in [0.25, 0.3) is 0 Å². The molecule has 7 aliphatic rings. The minimum Gasteiger partial charge on any atom is -0.481 e. The highest BCUT2D eigenvalue weighted by atomic mass is 16.8. The molecule has 98 heavy (non-hydrogen) atoms. The summed E-state index contributed by atoms with van der Waals surface area (Å²) < 4.78 is 57.6. The number of aromatic nitrogens is 5. The molecular weight excluding hydrogens is 1270 g/mol. The lowest BCUT2D eigenvalue weighted by Crippen LogP contribution is -2.69. The molecule has 4 saturated carbocycles. The number of rotatable bonds is 17. The highest BCUT2D eigenvalue weighted by Gasteiger charge is 2.71. The number of carbonyl (C=O) groups excluding carboxylic acids is 6. The average molecular weight is 1350 g/mol. The van der Waals surface area contributed by atoms with E-state index in [1.165, 1.54) is 91.6 Å². The van der Waals surface area contributed by atoms with Gasteiger partial charge in [-0.25, -0.2) is 33.6 Å². The molecule has 0 spiro atoms. The van der Waals surface area contributed by atoms with Crippen LogP contribution in [0.5, 0.6) is 0 Å². The van der Waals surface area contributed by atoms with Crippen LogP contribution >= 0.6 is 0 Å². The van der Waals surface area contributed by atoms with Crippen molar-refractivity contribution in [3.63, 3.8) is 0 Å². The zero-order valence-electron chi connectivity index (χ0n) is 55.0. The first-order valence-corrected chi connectivity index (χ1v) is 32.7. The van der Waals surface area contributed by atoms with Crippen molar-refractivity contribution in [1.29, 1.82) is 0 Å². The molecule has 2 aliphatic heterocycles. The molecular formula is C72H77N5O21. The maximum Gasteiger partial charge on any atom is 0.340 e. The van der Waals surface area contributed by atoms with Crippen LogP contribution in [0, 0.1) is 50.2 Å². The van der Waals surface area contributed by atoms with Crippen LogP contribution in [0.25, 0.3) is 0 Å². The van der Waals surface area contributed by atoms with Gasteiger partial charge in [0, 0.05) is 67.9 Å². The number of carbonyl (C=O) groups is 9. The Morgan fingerprint density at radius 3 is 1.31 bits per heavy atom. The largest absolute Gasteiger partial charge is 0.481 e. The van der Waals surface area contributed by atoms with Gasteiger partial charge in [0.1, 0.15) is 0 Å². The summed E-state index contributed by atoms with van der Waals surface area (Å²) in [5.41, 5.74) is -3.89. The van der Waals surface area contributed by atoms with E-state index in [1.807, 2.05) is 26.8 Å². The van der Waals surface area contributed by atoms with Crippen molar-refractivity contribution in [2.24, 2.45) is 50.2 Å². The fraction of sp³-hybridized carbons (Fsp3) is 0.500. The normalized spacial score (nSPS) is 35.3. The van der Waals surface area contributed by atoms with Gasteiger partial charge in [0.05, 0.1) is 39.3 Å². The second kappa shape index (κ2) is 26.5. The number of fused-ring (bicyclic) bond motifs is 7. The number of hydrogen-bond acceptors (Lipinski definition) is 23. The van der Waals surface area contributed by atoms with Gasteiger partial charge < -0.3 is 58.0 Å². The standard InChI is InChI=1S/C72H77N5O21/c1-67(2)46-18-21-72(7)56(45(78)31-43-44-32-69(4,66(88)89)23-22-68(44,3)24-25-71(43,72)6)70(46,5)20-19-47(67)90-64-55(51(94-62(86)41-16-11-29-76-36-41)49(52(96-64)57(79)80)92-60(84)39-14-9-27-74-34-39)98-65-54(95-63(87)42-17-12-30-77-37-42)50(93-61(85)40-15-10-28-75-35-40)48(53(97-65)58(81)82)91-59(83)38-13-8-26-73-33-38/h8-17,26-31,33-37,44,46-56,64-65H,18-25,32H2,1-7H3,(H,79,80)(H,81,82)(H,88,89)/t44-,46?,47?,48-,49-,50-,51-,52-,53-,54+,55+,56?,64+,65-,68+,69-,70-,71+,72+/m0/s1. The zero-order chi connectivity index (χ0) is 69.9. The Bertz CT molecular complexity index is 3930. The number of esters is 5. The highest BCUT2D eigenvalue weighted by Crippen LogP contribution is 2.75. The van der Waals surface area contributed by atoms with E-state index in [0.29, 0.717) is 32.1 Å². The second-order valence-electron chi connectivity index (χ2n) is 28.7. The fourth-order valence-corrected chi connectivity index (χ4v) is 17.3. The van der Waals surface area contributed by atoms with E-state index in [-0.39, 0.29) is 57.3 Å². The number of ether oxygens (including phenoxy) is 9. The van der Waals surface area contributed by atoms with Crippen LogP contribution < -0.4 is 0 Å². The fourth-order valence-electron chi connectivity index (χ4n) is 17.3. The number of aliphatic carboxylic acids is 3. The lowest BCUT2D eigenvalue weighted by atomic mass is 9.33. The Kier molecular flexibility index (Phi) is 18.6. The van der Waals surface area contributed by atoms with Crippen LogP contribution in [-0.2, 0) is 61.8 Å². The molecule has 0 aromatic carbocycles. The van der Waals surface area contributed by atoms with Crippen LogP contribution in [0.3, 0.4) is 0 Å². The monoisotopic (exact) mass is 1350 g/mol. The van der Waals surface area contributed by atoms with Crippen LogP contribution in [-0.4, -0.2) is 161 Å². The van der Waals surface area contributed by atoms with Gasteiger partial charge in [-0.2, -0.15) is 0 Å². The van der Waals surface area contributed by atoms with Crippen LogP contribution in [0.2, 0.25) is 0 Å². The van der Waals surface area contributed by atoms with Gasteiger partial charge in [-0.05, 0) is 170 Å². The summed E-state index contributed by atoms with van der Waals surface area (Å²) in [6.45, 7) is 14.6. The molecule has 0 amide bonds. The first kappa shape index (κ1) is 68.7. The molecule has 5 aromatic heterocycles. The first-order chi connectivity index (χ1) is 46.6. The summed E-state index contributed by atoms with van der Waals surface area (Å²) in [7, 11) is 0. The second-order valence-corrected chi connectivity index (χ2v) is 28.7. The molecule has 6 fully saturated rings. The Hall–Kier alpha value is -9.24. The minimum atomic E-state index is -2.42. The SMILES string of the molecule is CC1(C)C(O[C@@H]2O[C@H](C(=O)O)[C@@H](OC(=O)c3cccnc3)[C@H](OC(=O)c3cccnc3)[C@H]2O[C@@H]2O[C@H](C(=O)O)[C@@H](OC(=O)c3cccnc3)[C@H](OC(=O)c3cccnc3)[C@H]2OC(=O)c2cccnc2)CC[C@@]2(C)C1CC[C@]1(C)C2C(=O)C=C2[C@@H]3C[C@@](C)(C(=O)O)CC[C@]3(C)CC[C@]21C. The lowest BCUT2D eigenvalue weighted by Gasteiger charge is -2.70. The zero-order valence-corrected chi connectivity index (χ0v) is 55.0. The summed E-state index contributed by atoms with van der Waals surface area (Å²) in [5.74, 6) is -11.4. The van der Waals surface area contributed by atoms with E-state index >= 15 is 4.79 Å². The number of ketones is 1. The molecule has 26 heteroatoms. The average Bonchev–Trinajstić information content (AvgIpc) is 0.673. The molecule has 0 radical (unpaired) electrons. The first-order valence-electron chi connectivity index (χ1n) is 32.7. The van der Waals surface area contributed by atoms with E-state index in [2.05, 4.69) is 52.6 Å². The van der Waals surface area contributed by atoms with Crippen molar-refractivity contribution in [3.05, 3.63) is 162 Å². The molecule has 7 heterocycles. The molecule has 2 saturated heterocycles. The van der Waals surface area contributed by atoms with Crippen molar-refractivity contribution in [1.82, 2.24) is 24.9 Å². The number of hydrogen-bond donors (Lipinski definition) is 3. The number of carboxylic acids is 3. The third-order valence-electron chi connectivity index (χ3n) is 22.8. The summed E-state index contributed by atoms with van der Waals surface area (Å²) in [6.07, 6.45) is -4.10. The Balaban J connectivity index is 0.969. The number of nitrogens with zero attached hydrogens (tertiary/aromatic N) is 5. The van der Waals surface area contributed by atoms with E-state index in [0.717, 1.165) is 55.8 Å². The molecule has 516 valence electrons. The molecule has 5 aliphatic carbocycles. The molecule has 12 rings (SSSR count). The third kappa shape index (κ3) is 12.4. The summed E-state index contributed by atoms with van der Waals surface area (Å²) >= 11 is 0. The van der Waals surface area contributed by atoms with Crippen molar-refractivity contribution in [3.8, 4) is 0 Å². The van der Waals surface area contributed by atoms with Crippen LogP contribution in [0.15, 0.2) is 134 Å². The van der Waals surface area contributed by atoms with Gasteiger partial charge >= 0.3 is 47.8 Å². The quantitative estimate of drug-likeness (QED) is 0.0445. The smallest absolute Gasteiger partial charge is 0.340 e. The number of allylic oxidation sites excluding steroid dienone is 2. The van der Waals surface area contributed by atoms with Gasteiger partial charge in [-0.3, -0.25) is 34.5 Å². The lowest BCUT2D eigenvalue weighted by molar-refractivity contribution is -0.369. The van der Waals surface area contributed by atoms with E-state index in [1.54, 1.807) is 0 Å². The molecule has 5 aromatic rings. The molecule has 26 nitrogen and oxygen atoms in total. The molecule has 3 N–H and O–H groups in total. The van der Waals surface area contributed by atoms with E-state index in [9.17, 15) is 53.7 Å². The van der Waals surface area contributed by atoms with Crippen molar-refractivity contribution < 1.29 is 101 Å². The summed E-state index contributed by atoms with van der Waals surface area (Å²) in [5, 5.41) is 33.1. The predicted octanol–water partition coefficient (Wildman–Crippen LogP) is 8.54. The maximum absolute atomic E-state index is 15.5. The molecule has 19 atom stereocenters. The topological polar surface area (TPSA) is 362 Å². The number of carboxylic acid groups (broad SMARTS) is 3. The van der Waals surface area contributed by atoms with Crippen LogP contribution in [0.4, 0.5) is 0 Å². The molecule has 0 bridgehead atoms. The summed E-state index contributed by atoms with van der Waals surface area (Å²) in [6, 6.07) is 13.6. The Morgan fingerprint density at radius 2 is 0.888 bits per heavy atom. The van der Waals surface area contributed by atoms with E-state index in [4.69, 9.17) is 42.6 Å². The van der Waals surface area contributed by atoms with Crippen molar-refractivity contribution in [2.45, 2.75) is 174 Å². The Labute approximate surface area is 563 Å². The summed E-state index contributed by atoms with van der Waals surface area (Å²) in [4.78, 5) is 149. The molecule has 3 unspecified atom stereocenters. The minimum absolute atomic E-state index is 0.0304. The van der Waals surface area contributed by atoms with Gasteiger partial charge in [-0.15, -0.1) is 0 Å². The maximum atomic E-state index is 15.5.